The van der Waals surface area contributed by atoms with Gasteiger partial charge in [0, 0.05) is 10.6 Å². The Labute approximate surface area is 190 Å². The Morgan fingerprint density at radius 2 is 1.58 bits per heavy atom. The molecule has 31 heavy (non-hydrogen) atoms. The third-order valence-corrected chi connectivity index (χ3v) is 12.1. The average molecular weight is 471 g/mol. The number of hydrogen-bond donors (Lipinski definition) is 3. The number of ether oxygens (including phenoxy) is 2. The minimum atomic E-state index is -3.32. The first-order valence-electron chi connectivity index (χ1n) is 10.4. The minimum absolute atomic E-state index is 0.0811. The molecule has 5 nitrogen and oxygen atoms in total. The lowest BCUT2D eigenvalue weighted by Gasteiger charge is -2.45. The maximum atomic E-state index is 16.4. The van der Waals surface area contributed by atoms with Gasteiger partial charge in [0.2, 0.25) is 0 Å². The van der Waals surface area contributed by atoms with Crippen molar-refractivity contribution in [3.05, 3.63) is 24.3 Å². The molecule has 1 heterocycles. The van der Waals surface area contributed by atoms with Gasteiger partial charge < -0.3 is 28.9 Å². The van der Waals surface area contributed by atoms with Crippen molar-refractivity contribution in [3.8, 4) is 12.3 Å². The van der Waals surface area contributed by atoms with Gasteiger partial charge in [0.1, 0.15) is 24.9 Å². The molecule has 1 saturated heterocycles. The van der Waals surface area contributed by atoms with E-state index in [-0.39, 0.29) is 6.61 Å². The molecule has 0 saturated carbocycles. The lowest BCUT2D eigenvalue weighted by molar-refractivity contribution is -0.288. The summed E-state index contributed by atoms with van der Waals surface area (Å²) in [7, 11) is -3.32. The maximum absolute atomic E-state index is 16.4. The molecule has 8 heteroatoms. The Morgan fingerprint density at radius 3 is 2.06 bits per heavy atom. The second kappa shape index (κ2) is 9.92. The molecule has 1 aromatic rings. The van der Waals surface area contributed by atoms with Crippen molar-refractivity contribution in [2.45, 2.75) is 87.2 Å². The van der Waals surface area contributed by atoms with E-state index in [4.69, 9.17) is 15.9 Å². The summed E-state index contributed by atoms with van der Waals surface area (Å²) in [6, 6.07) is 7.48. The highest BCUT2D eigenvalue weighted by atomic mass is 32.2. The average Bonchev–Trinajstić information content (AvgIpc) is 2.69. The third-order valence-electron chi connectivity index (χ3n) is 5.73. The van der Waals surface area contributed by atoms with Gasteiger partial charge in [-0.3, -0.25) is 0 Å². The second-order valence-electron chi connectivity index (χ2n) is 10.0. The second-order valence-corrected chi connectivity index (χ2v) is 16.0. The summed E-state index contributed by atoms with van der Waals surface area (Å²) in [6.45, 7) is 11.7. The summed E-state index contributed by atoms with van der Waals surface area (Å²) in [5.74, 6) is 2.60. The lowest BCUT2D eigenvalue weighted by atomic mass is 10.00. The Bertz CT molecular complexity index is 754. The largest absolute Gasteiger partial charge is 0.388 e. The van der Waals surface area contributed by atoms with Crippen LogP contribution < -0.4 is 5.19 Å². The number of rotatable bonds is 6. The highest BCUT2D eigenvalue weighted by molar-refractivity contribution is 7.99. The molecule has 1 aliphatic heterocycles. The van der Waals surface area contributed by atoms with Crippen molar-refractivity contribution < 1.29 is 28.9 Å². The van der Waals surface area contributed by atoms with Gasteiger partial charge in [0.05, 0.1) is 6.10 Å². The van der Waals surface area contributed by atoms with Gasteiger partial charge >= 0.3 is 0 Å². The SMILES string of the molecule is C#CCO[C@@H]1OC(CSc2ccc([Si](F)(C(C)(C)C)C(C)(C)C)cc2)[C@@H](O)C(O)C1O. The fourth-order valence-corrected chi connectivity index (χ4v) is 9.84. The van der Waals surface area contributed by atoms with E-state index in [0.717, 1.165) is 10.1 Å². The normalized spacial score (nSPS) is 27.7. The standard InChI is InChI=1S/C23H35FO5SSi/c1-8-13-28-21-20(27)19(26)18(25)17(29-21)14-30-15-9-11-16(12-10-15)31(24,22(2,3)4)23(5,6)7/h1,9-12,17-21,25-27H,13-14H2,2-7H3/t17?,18-,19?,20?,21-/m1/s1. The van der Waals surface area contributed by atoms with E-state index in [2.05, 4.69) is 5.92 Å². The van der Waals surface area contributed by atoms with Crippen LogP contribution in [0.1, 0.15) is 41.5 Å². The van der Waals surface area contributed by atoms with Crippen molar-refractivity contribution >= 4 is 25.4 Å². The van der Waals surface area contributed by atoms with Gasteiger partial charge in [-0.05, 0) is 27.4 Å². The third kappa shape index (κ3) is 5.53. The number of hydrogen-bond acceptors (Lipinski definition) is 6. The zero-order chi connectivity index (χ0) is 23.6. The highest BCUT2D eigenvalue weighted by Gasteiger charge is 2.56. The topological polar surface area (TPSA) is 79.2 Å². The van der Waals surface area contributed by atoms with Crippen LogP contribution in [0.5, 0.6) is 0 Å². The van der Waals surface area contributed by atoms with Gasteiger partial charge in [0.25, 0.3) is 8.41 Å². The van der Waals surface area contributed by atoms with Crippen LogP contribution >= 0.6 is 11.8 Å². The summed E-state index contributed by atoms with van der Waals surface area (Å²) in [4.78, 5) is 0.889. The molecule has 0 radical (unpaired) electrons. The fourth-order valence-electron chi connectivity index (χ4n) is 4.27. The maximum Gasteiger partial charge on any atom is 0.288 e. The van der Waals surface area contributed by atoms with Crippen molar-refractivity contribution in [1.29, 1.82) is 0 Å². The van der Waals surface area contributed by atoms with Gasteiger partial charge in [-0.2, -0.15) is 0 Å². The molecule has 2 rings (SSSR count). The summed E-state index contributed by atoms with van der Waals surface area (Å²) in [5.41, 5.74) is 0. The van der Waals surface area contributed by atoms with Crippen LogP contribution in [0, 0.1) is 12.3 Å². The zero-order valence-corrected chi connectivity index (χ0v) is 20.9. The van der Waals surface area contributed by atoms with Crippen molar-refractivity contribution in [1.82, 2.24) is 0 Å². The Kier molecular flexibility index (Phi) is 8.42. The van der Waals surface area contributed by atoms with E-state index in [1.165, 1.54) is 11.8 Å². The van der Waals surface area contributed by atoms with Crippen molar-refractivity contribution in [3.63, 3.8) is 0 Å². The van der Waals surface area contributed by atoms with Crippen LogP contribution in [-0.4, -0.2) is 66.8 Å². The fraction of sp³-hybridized carbons (Fsp3) is 0.652. The Balaban J connectivity index is 2.12. The van der Waals surface area contributed by atoms with E-state index < -0.39 is 49.2 Å². The summed E-state index contributed by atoms with van der Waals surface area (Å²) in [6.07, 6.45) is -0.758. The lowest BCUT2D eigenvalue weighted by Crippen LogP contribution is -2.58. The van der Waals surface area contributed by atoms with E-state index >= 15 is 4.11 Å². The highest BCUT2D eigenvalue weighted by Crippen LogP contribution is 2.51. The van der Waals surface area contributed by atoms with Crippen LogP contribution in [0.25, 0.3) is 0 Å². The molecule has 1 aliphatic rings. The molecule has 174 valence electrons. The van der Waals surface area contributed by atoms with E-state index in [9.17, 15) is 15.3 Å². The number of terminal acetylenes is 1. The van der Waals surface area contributed by atoms with Gasteiger partial charge in [-0.1, -0.05) is 59.6 Å². The predicted molar refractivity (Wildman–Crippen MR) is 125 cm³/mol. The van der Waals surface area contributed by atoms with Crippen LogP contribution in [0.3, 0.4) is 0 Å². The number of halogens is 1. The molecule has 0 spiro atoms. The molecule has 3 N–H and O–H groups in total. The molecule has 0 aliphatic carbocycles. The van der Waals surface area contributed by atoms with Crippen molar-refractivity contribution in [2.24, 2.45) is 0 Å². The number of thioether (sulfide) groups is 1. The first-order chi connectivity index (χ1) is 14.2. The Hall–Kier alpha value is -0.923. The molecular weight excluding hydrogens is 435 g/mol. The number of aliphatic hydroxyl groups is 3. The molecular formula is C23H35FO5SSi. The zero-order valence-electron chi connectivity index (χ0n) is 19.1. The van der Waals surface area contributed by atoms with Gasteiger partial charge in [-0.15, -0.1) is 18.2 Å². The molecule has 5 atom stereocenters. The van der Waals surface area contributed by atoms with Crippen LogP contribution in [0.2, 0.25) is 10.1 Å². The van der Waals surface area contributed by atoms with E-state index in [1.54, 1.807) is 0 Å². The summed E-state index contributed by atoms with van der Waals surface area (Å²) in [5, 5.41) is 30.2. The van der Waals surface area contributed by atoms with Gasteiger partial charge in [-0.25, -0.2) is 0 Å². The molecule has 0 aromatic heterocycles. The monoisotopic (exact) mass is 470 g/mol. The smallest absolute Gasteiger partial charge is 0.288 e. The summed E-state index contributed by atoms with van der Waals surface area (Å²) < 4.78 is 27.3. The van der Waals surface area contributed by atoms with Gasteiger partial charge in [0.15, 0.2) is 6.29 Å². The minimum Gasteiger partial charge on any atom is -0.388 e. The Morgan fingerprint density at radius 1 is 1.03 bits per heavy atom. The predicted octanol–water partition coefficient (Wildman–Crippen LogP) is 2.96. The first-order valence-corrected chi connectivity index (χ1v) is 13.3. The first kappa shape index (κ1) is 26.3. The van der Waals surface area contributed by atoms with Crippen molar-refractivity contribution in [2.75, 3.05) is 12.4 Å². The van der Waals surface area contributed by atoms with Crippen LogP contribution in [-0.2, 0) is 9.47 Å². The van der Waals surface area contributed by atoms with Crippen LogP contribution in [0.4, 0.5) is 4.11 Å². The van der Waals surface area contributed by atoms with E-state index in [0.29, 0.717) is 5.75 Å². The molecule has 0 amide bonds. The summed E-state index contributed by atoms with van der Waals surface area (Å²) >= 11 is 1.41. The van der Waals surface area contributed by atoms with E-state index in [1.807, 2.05) is 65.8 Å². The molecule has 0 bridgehead atoms. The molecule has 1 aromatic carbocycles. The van der Waals surface area contributed by atoms with Crippen LogP contribution in [0.15, 0.2) is 29.2 Å². The quantitative estimate of drug-likeness (QED) is 0.257. The molecule has 3 unspecified atom stereocenters. The number of benzene rings is 1. The molecule has 1 fully saturated rings. The number of aliphatic hydroxyl groups excluding tert-OH is 3.